The van der Waals surface area contributed by atoms with Crippen molar-refractivity contribution in [2.45, 2.75) is 32.0 Å². The van der Waals surface area contributed by atoms with Gasteiger partial charge < -0.3 is 20.5 Å². The molecule has 1 aromatic rings. The van der Waals surface area contributed by atoms with E-state index in [1.165, 1.54) is 0 Å². The van der Waals surface area contributed by atoms with E-state index < -0.39 is 11.7 Å². The van der Waals surface area contributed by atoms with Crippen LogP contribution in [0.1, 0.15) is 26.3 Å². The summed E-state index contributed by atoms with van der Waals surface area (Å²) in [5.41, 5.74) is 5.62. The summed E-state index contributed by atoms with van der Waals surface area (Å²) in [6, 6.07) is 7.50. The summed E-state index contributed by atoms with van der Waals surface area (Å²) in [7, 11) is 0. The van der Waals surface area contributed by atoms with Crippen LogP contribution in [0.15, 0.2) is 24.3 Å². The van der Waals surface area contributed by atoms with E-state index in [1.54, 1.807) is 0 Å². The Kier molecular flexibility index (Phi) is 3.41. The van der Waals surface area contributed by atoms with Crippen LogP contribution in [0.5, 0.6) is 5.75 Å². The zero-order valence-corrected chi connectivity index (χ0v) is 11.5. The number of ether oxygens (including phenoxy) is 2. The minimum atomic E-state index is -0.767. The number of cyclic esters (lactones) is 1. The Bertz CT molecular complexity index is 465. The quantitative estimate of drug-likeness (QED) is 0.872. The summed E-state index contributed by atoms with van der Waals surface area (Å²) in [5.74, 6) is 0.778. The van der Waals surface area contributed by atoms with Gasteiger partial charge in [-0.2, -0.15) is 0 Å². The number of nitrogens with two attached hydrogens (primary N) is 1. The third-order valence-electron chi connectivity index (χ3n) is 2.94. The van der Waals surface area contributed by atoms with Gasteiger partial charge in [-0.15, -0.1) is 0 Å². The van der Waals surface area contributed by atoms with Crippen LogP contribution >= 0.6 is 0 Å². The highest BCUT2D eigenvalue weighted by Crippen LogP contribution is 2.30. The molecule has 104 valence electrons. The van der Waals surface area contributed by atoms with Crippen molar-refractivity contribution in [2.24, 2.45) is 5.73 Å². The van der Waals surface area contributed by atoms with Gasteiger partial charge in [0, 0.05) is 6.54 Å². The second-order valence-corrected chi connectivity index (χ2v) is 5.68. The topological polar surface area (TPSA) is 73.6 Å². The number of hydrogen-bond donors (Lipinski definition) is 2. The molecule has 19 heavy (non-hydrogen) atoms. The zero-order valence-electron chi connectivity index (χ0n) is 11.5. The Balaban J connectivity index is 2.20. The van der Waals surface area contributed by atoms with Crippen LogP contribution in [0, 0.1) is 0 Å². The third kappa shape index (κ3) is 2.98. The number of nitrogens with one attached hydrogen (secondary N) is 1. The van der Waals surface area contributed by atoms with Gasteiger partial charge in [0.2, 0.25) is 0 Å². The fourth-order valence-corrected chi connectivity index (χ4v) is 2.04. The third-order valence-corrected chi connectivity index (χ3v) is 2.94. The smallest absolute Gasteiger partial charge is 0.408 e. The Morgan fingerprint density at radius 1 is 1.37 bits per heavy atom. The van der Waals surface area contributed by atoms with E-state index in [4.69, 9.17) is 15.2 Å². The fraction of sp³-hybridized carbons (Fsp3) is 0.500. The lowest BCUT2D eigenvalue weighted by Gasteiger charge is -2.26. The van der Waals surface area contributed by atoms with Gasteiger partial charge in [-0.1, -0.05) is 12.1 Å². The van der Waals surface area contributed by atoms with Crippen LogP contribution in [0.4, 0.5) is 4.79 Å². The monoisotopic (exact) mass is 264 g/mol. The molecule has 0 spiro atoms. The molecule has 1 amide bonds. The van der Waals surface area contributed by atoms with Crippen LogP contribution in [-0.2, 0) is 10.3 Å². The maximum Gasteiger partial charge on any atom is 0.408 e. The highest BCUT2D eigenvalue weighted by Gasteiger charge is 2.40. The first-order valence-corrected chi connectivity index (χ1v) is 6.31. The van der Waals surface area contributed by atoms with E-state index in [1.807, 2.05) is 45.0 Å². The minimum absolute atomic E-state index is 0.241. The molecule has 1 fully saturated rings. The SMILES string of the molecule is CC(C)(C)Oc1ccc(C2(CN)CNC(=O)O2)cc1. The van der Waals surface area contributed by atoms with E-state index >= 15 is 0 Å². The highest BCUT2D eigenvalue weighted by atomic mass is 16.6. The molecule has 1 heterocycles. The normalized spacial score (nSPS) is 22.8. The molecule has 0 saturated carbocycles. The van der Waals surface area contributed by atoms with Gasteiger partial charge >= 0.3 is 6.09 Å². The Morgan fingerprint density at radius 3 is 2.42 bits per heavy atom. The van der Waals surface area contributed by atoms with Gasteiger partial charge in [0.25, 0.3) is 0 Å². The van der Waals surface area contributed by atoms with Crippen LogP contribution in [-0.4, -0.2) is 24.8 Å². The molecule has 1 unspecified atom stereocenters. The maximum atomic E-state index is 11.2. The minimum Gasteiger partial charge on any atom is -0.488 e. The molecule has 0 aliphatic carbocycles. The zero-order chi connectivity index (χ0) is 14.1. The van der Waals surface area contributed by atoms with Crippen molar-refractivity contribution in [2.75, 3.05) is 13.1 Å². The van der Waals surface area contributed by atoms with Crippen LogP contribution in [0.3, 0.4) is 0 Å². The van der Waals surface area contributed by atoms with Gasteiger partial charge in [0.1, 0.15) is 11.4 Å². The second-order valence-electron chi connectivity index (χ2n) is 5.68. The van der Waals surface area contributed by atoms with E-state index in [0.717, 1.165) is 11.3 Å². The summed E-state index contributed by atoms with van der Waals surface area (Å²) in [4.78, 5) is 11.2. The number of benzene rings is 1. The maximum absolute atomic E-state index is 11.2. The number of hydrogen-bond acceptors (Lipinski definition) is 4. The van der Waals surface area contributed by atoms with Crippen LogP contribution in [0.25, 0.3) is 0 Å². The lowest BCUT2D eigenvalue weighted by atomic mass is 9.94. The largest absolute Gasteiger partial charge is 0.488 e. The molecule has 1 aliphatic heterocycles. The summed E-state index contributed by atoms with van der Waals surface area (Å²) >= 11 is 0. The number of carbonyl (C=O) groups excluding carboxylic acids is 1. The molecule has 2 rings (SSSR count). The molecule has 3 N–H and O–H groups in total. The molecule has 1 aliphatic rings. The van der Waals surface area contributed by atoms with Gasteiger partial charge in [0.15, 0.2) is 5.60 Å². The first-order chi connectivity index (χ1) is 8.85. The average Bonchev–Trinajstić information content (AvgIpc) is 2.71. The number of rotatable bonds is 3. The fourth-order valence-electron chi connectivity index (χ4n) is 2.04. The first-order valence-electron chi connectivity index (χ1n) is 6.31. The summed E-state index contributed by atoms with van der Waals surface area (Å²) in [6.45, 7) is 6.61. The highest BCUT2D eigenvalue weighted by molar-refractivity contribution is 5.70. The van der Waals surface area contributed by atoms with Gasteiger partial charge in [-0.25, -0.2) is 4.79 Å². The molecule has 0 radical (unpaired) electrons. The lowest BCUT2D eigenvalue weighted by Crippen LogP contribution is -2.38. The molecular formula is C14H20N2O3. The standard InChI is InChI=1S/C14H20N2O3/c1-13(2,3)18-11-6-4-10(5-7-11)14(8-15)9-16-12(17)19-14/h4-7H,8-9,15H2,1-3H3,(H,16,17). The van der Waals surface area contributed by atoms with Crippen molar-refractivity contribution in [1.29, 1.82) is 0 Å². The molecule has 0 aromatic heterocycles. The van der Waals surface area contributed by atoms with E-state index in [9.17, 15) is 4.79 Å². The molecule has 5 nitrogen and oxygen atoms in total. The van der Waals surface area contributed by atoms with Gasteiger partial charge in [-0.3, -0.25) is 0 Å². The molecular weight excluding hydrogens is 244 g/mol. The molecule has 1 aromatic carbocycles. The number of carbonyl (C=O) groups is 1. The molecule has 1 saturated heterocycles. The van der Waals surface area contributed by atoms with Crippen molar-refractivity contribution in [3.8, 4) is 5.75 Å². The van der Waals surface area contributed by atoms with Gasteiger partial charge in [-0.05, 0) is 38.5 Å². The van der Waals surface area contributed by atoms with Crippen molar-refractivity contribution in [1.82, 2.24) is 5.32 Å². The van der Waals surface area contributed by atoms with E-state index in [2.05, 4.69) is 5.32 Å². The average molecular weight is 264 g/mol. The Labute approximate surface area is 113 Å². The Hall–Kier alpha value is -1.75. The predicted octanol–water partition coefficient (Wildman–Crippen LogP) is 1.76. The Morgan fingerprint density at radius 2 is 2.00 bits per heavy atom. The lowest BCUT2D eigenvalue weighted by molar-refractivity contribution is 0.0616. The number of alkyl carbamates (subject to hydrolysis) is 1. The van der Waals surface area contributed by atoms with Crippen LogP contribution < -0.4 is 15.8 Å². The molecule has 5 heteroatoms. The molecule has 1 atom stereocenters. The first kappa shape index (κ1) is 13.7. The second kappa shape index (κ2) is 4.74. The van der Waals surface area contributed by atoms with Crippen molar-refractivity contribution in [3.63, 3.8) is 0 Å². The predicted molar refractivity (Wildman–Crippen MR) is 72.0 cm³/mol. The van der Waals surface area contributed by atoms with E-state index in [-0.39, 0.29) is 12.1 Å². The van der Waals surface area contributed by atoms with Crippen LogP contribution in [0.2, 0.25) is 0 Å². The van der Waals surface area contributed by atoms with E-state index in [0.29, 0.717) is 6.54 Å². The summed E-state index contributed by atoms with van der Waals surface area (Å²) < 4.78 is 11.1. The summed E-state index contributed by atoms with van der Waals surface area (Å²) in [6.07, 6.45) is -0.430. The summed E-state index contributed by atoms with van der Waals surface area (Å²) in [5, 5.41) is 2.64. The van der Waals surface area contributed by atoms with Crippen molar-refractivity contribution >= 4 is 6.09 Å². The van der Waals surface area contributed by atoms with Crippen molar-refractivity contribution in [3.05, 3.63) is 29.8 Å². The molecule has 0 bridgehead atoms. The van der Waals surface area contributed by atoms with Crippen molar-refractivity contribution < 1.29 is 14.3 Å². The van der Waals surface area contributed by atoms with Gasteiger partial charge in [0.05, 0.1) is 6.54 Å². The number of amides is 1.